The van der Waals surface area contributed by atoms with E-state index in [0.717, 1.165) is 46.4 Å². The summed E-state index contributed by atoms with van der Waals surface area (Å²) < 4.78 is 9.21. The van der Waals surface area contributed by atoms with Crippen molar-refractivity contribution in [2.75, 3.05) is 32.6 Å². The van der Waals surface area contributed by atoms with Crippen LogP contribution in [0.15, 0.2) is 128 Å². The maximum Gasteiger partial charge on any atom is 0.338 e. The fraction of sp³-hybridized carbons (Fsp3) is 0.175. The van der Waals surface area contributed by atoms with Gasteiger partial charge in [-0.1, -0.05) is 72.8 Å². The van der Waals surface area contributed by atoms with Crippen molar-refractivity contribution in [3.63, 3.8) is 0 Å². The lowest BCUT2D eigenvalue weighted by molar-refractivity contribution is 0.0696. The minimum absolute atomic E-state index is 0.214. The number of anilines is 1. The molecule has 0 spiro atoms. The van der Waals surface area contributed by atoms with E-state index < -0.39 is 5.97 Å². The number of benzene rings is 3. The number of carboxylic acid groups (broad SMARTS) is 1. The molecule has 0 aliphatic carbocycles. The molecule has 0 atom stereocenters. The van der Waals surface area contributed by atoms with Crippen LogP contribution in [-0.2, 0) is 13.1 Å². The smallest absolute Gasteiger partial charge is 0.338 e. The summed E-state index contributed by atoms with van der Waals surface area (Å²) in [6.45, 7) is 2.88. The minimum Gasteiger partial charge on any atom is -0.494 e. The predicted molar refractivity (Wildman–Crippen MR) is 201 cm³/mol. The van der Waals surface area contributed by atoms with Crippen molar-refractivity contribution >= 4 is 28.6 Å². The highest BCUT2D eigenvalue weighted by molar-refractivity contribution is 6.08. The molecule has 0 aliphatic heterocycles. The first kappa shape index (κ1) is 35.3. The lowest BCUT2D eigenvalue weighted by Gasteiger charge is -2.11. The first-order chi connectivity index (χ1) is 25.3. The molecule has 3 aromatic carbocycles. The highest BCUT2D eigenvalue weighted by atomic mass is 16.5. The Hall–Kier alpha value is -6.53. The van der Waals surface area contributed by atoms with Gasteiger partial charge in [-0.15, -0.1) is 0 Å². The Balaban J connectivity index is 0.000000258. The number of aromatic nitrogens is 6. The number of nitrogens with zero attached hydrogens (tertiary/aromatic N) is 6. The molecule has 0 aliphatic rings. The number of aromatic carboxylic acids is 1. The van der Waals surface area contributed by atoms with Crippen LogP contribution in [0.1, 0.15) is 38.3 Å². The SMILES string of the molecule is CN(C)CCCOc1ccc(-c2cnc3[nH]cc(NC(=O)c4cnn(Cc5ccccc5)c4)c3c2)cc1.O=C(O)c1cnn(Cc2ccccc2)c1. The summed E-state index contributed by atoms with van der Waals surface area (Å²) in [6.07, 6.45) is 10.8. The zero-order valence-electron chi connectivity index (χ0n) is 29.0. The predicted octanol–water partition coefficient (Wildman–Crippen LogP) is 6.69. The Morgan fingerprint density at radius 2 is 1.42 bits per heavy atom. The van der Waals surface area contributed by atoms with Gasteiger partial charge in [0, 0.05) is 42.3 Å². The first-order valence-electron chi connectivity index (χ1n) is 16.8. The fourth-order valence-corrected chi connectivity index (χ4v) is 5.44. The molecular formula is C40H40N8O4. The second-order valence-corrected chi connectivity index (χ2v) is 12.4. The average molecular weight is 697 g/mol. The monoisotopic (exact) mass is 696 g/mol. The van der Waals surface area contributed by atoms with E-state index in [2.05, 4.69) is 44.5 Å². The zero-order chi connectivity index (χ0) is 36.3. The van der Waals surface area contributed by atoms with Crippen LogP contribution >= 0.6 is 0 Å². The van der Waals surface area contributed by atoms with E-state index >= 15 is 0 Å². The molecular weight excluding hydrogens is 656 g/mol. The molecule has 3 N–H and O–H groups in total. The van der Waals surface area contributed by atoms with Crippen molar-refractivity contribution in [1.29, 1.82) is 0 Å². The molecule has 0 saturated heterocycles. The molecule has 4 heterocycles. The van der Waals surface area contributed by atoms with Gasteiger partial charge >= 0.3 is 5.97 Å². The van der Waals surface area contributed by atoms with E-state index in [-0.39, 0.29) is 11.5 Å². The van der Waals surface area contributed by atoms with Gasteiger partial charge in [-0.3, -0.25) is 14.2 Å². The molecule has 0 fully saturated rings. The van der Waals surface area contributed by atoms with Gasteiger partial charge in [-0.2, -0.15) is 10.2 Å². The van der Waals surface area contributed by atoms with Crippen LogP contribution in [0.4, 0.5) is 5.69 Å². The molecule has 12 nitrogen and oxygen atoms in total. The van der Waals surface area contributed by atoms with Crippen molar-refractivity contribution in [2.24, 2.45) is 0 Å². The summed E-state index contributed by atoms with van der Waals surface area (Å²) >= 11 is 0. The number of ether oxygens (including phenoxy) is 1. The first-order valence-corrected chi connectivity index (χ1v) is 16.8. The number of carbonyl (C=O) groups excluding carboxylic acids is 1. The molecule has 4 aromatic heterocycles. The number of amides is 1. The third kappa shape index (κ3) is 9.58. The molecule has 0 radical (unpaired) electrons. The van der Waals surface area contributed by atoms with E-state index in [1.165, 1.54) is 12.4 Å². The summed E-state index contributed by atoms with van der Waals surface area (Å²) in [5, 5.41) is 20.9. The van der Waals surface area contributed by atoms with Crippen molar-refractivity contribution in [2.45, 2.75) is 19.5 Å². The van der Waals surface area contributed by atoms with Gasteiger partial charge in [-0.25, -0.2) is 9.78 Å². The normalized spacial score (nSPS) is 10.9. The lowest BCUT2D eigenvalue weighted by atomic mass is 10.1. The molecule has 264 valence electrons. The molecule has 7 rings (SSSR count). The van der Waals surface area contributed by atoms with Gasteiger partial charge in [0.1, 0.15) is 11.4 Å². The fourth-order valence-electron chi connectivity index (χ4n) is 5.44. The number of hydrogen-bond donors (Lipinski definition) is 3. The quantitative estimate of drug-likeness (QED) is 0.113. The summed E-state index contributed by atoms with van der Waals surface area (Å²) in [5.41, 5.74) is 6.29. The molecule has 52 heavy (non-hydrogen) atoms. The molecule has 1 amide bonds. The number of rotatable bonds is 13. The van der Waals surface area contributed by atoms with E-state index in [4.69, 9.17) is 9.84 Å². The Morgan fingerprint density at radius 3 is 2.02 bits per heavy atom. The van der Waals surface area contributed by atoms with Gasteiger partial charge < -0.3 is 25.0 Å². The van der Waals surface area contributed by atoms with Crippen LogP contribution in [0.3, 0.4) is 0 Å². The second-order valence-electron chi connectivity index (χ2n) is 12.4. The van der Waals surface area contributed by atoms with Crippen LogP contribution in [0.5, 0.6) is 5.75 Å². The Bertz CT molecular complexity index is 2210. The number of carboxylic acids is 1. The third-order valence-corrected chi connectivity index (χ3v) is 8.14. The topological polar surface area (TPSA) is 143 Å². The van der Waals surface area contributed by atoms with Crippen molar-refractivity contribution in [3.8, 4) is 16.9 Å². The average Bonchev–Trinajstić information content (AvgIpc) is 3.92. The highest BCUT2D eigenvalue weighted by Crippen LogP contribution is 2.29. The van der Waals surface area contributed by atoms with Gasteiger partial charge in [0.25, 0.3) is 5.91 Å². The number of hydrogen-bond acceptors (Lipinski definition) is 7. The number of nitrogens with one attached hydrogen (secondary N) is 2. The van der Waals surface area contributed by atoms with Crippen LogP contribution in [0.25, 0.3) is 22.2 Å². The Kier molecular flexibility index (Phi) is 11.5. The van der Waals surface area contributed by atoms with E-state index in [9.17, 15) is 9.59 Å². The summed E-state index contributed by atoms with van der Waals surface area (Å²) in [6, 6.07) is 29.8. The van der Waals surface area contributed by atoms with Crippen molar-refractivity contribution in [1.82, 2.24) is 34.4 Å². The lowest BCUT2D eigenvalue weighted by Crippen LogP contribution is -2.15. The number of pyridine rings is 1. The highest BCUT2D eigenvalue weighted by Gasteiger charge is 2.14. The van der Waals surface area contributed by atoms with Crippen molar-refractivity contribution < 1.29 is 19.4 Å². The van der Waals surface area contributed by atoms with Crippen molar-refractivity contribution in [3.05, 3.63) is 150 Å². The number of fused-ring (bicyclic) bond motifs is 1. The molecule has 7 aromatic rings. The van der Waals surface area contributed by atoms with Gasteiger partial charge in [0.2, 0.25) is 0 Å². The largest absolute Gasteiger partial charge is 0.494 e. The van der Waals surface area contributed by atoms with Crippen LogP contribution in [-0.4, -0.2) is 78.7 Å². The summed E-state index contributed by atoms with van der Waals surface area (Å²) in [5.74, 6) is -0.324. The molecule has 0 unspecified atom stereocenters. The van der Waals surface area contributed by atoms with Gasteiger partial charge in [-0.05, 0) is 55.4 Å². The number of carbonyl (C=O) groups is 2. The Morgan fingerprint density at radius 1 is 0.808 bits per heavy atom. The van der Waals surface area contributed by atoms with Gasteiger partial charge in [0.15, 0.2) is 0 Å². The van der Waals surface area contributed by atoms with Crippen LogP contribution in [0, 0.1) is 0 Å². The van der Waals surface area contributed by atoms with Crippen LogP contribution < -0.4 is 10.1 Å². The minimum atomic E-state index is -0.950. The maximum atomic E-state index is 12.9. The zero-order valence-corrected chi connectivity index (χ0v) is 29.0. The molecule has 0 bridgehead atoms. The van der Waals surface area contributed by atoms with E-state index in [0.29, 0.717) is 36.6 Å². The molecule has 0 saturated carbocycles. The van der Waals surface area contributed by atoms with Gasteiger partial charge in [0.05, 0.1) is 48.9 Å². The number of aromatic amines is 1. The third-order valence-electron chi connectivity index (χ3n) is 8.14. The second kappa shape index (κ2) is 16.9. The maximum absolute atomic E-state index is 12.9. The van der Waals surface area contributed by atoms with E-state index in [1.54, 1.807) is 28.0 Å². The number of H-pyrrole nitrogens is 1. The molecule has 12 heteroatoms. The van der Waals surface area contributed by atoms with E-state index in [1.807, 2.05) is 97.2 Å². The summed E-state index contributed by atoms with van der Waals surface area (Å²) in [7, 11) is 4.11. The standard InChI is InChI=1S/C29H30N6O2.C11H10N2O2/c1-34(2)13-6-14-37-25-11-9-22(10-12-25)23-15-26-27(18-31-28(26)30-16-23)33-29(36)24-17-32-35(20-24)19-21-7-4-3-5-8-21;14-11(15)10-6-12-13(8-10)7-9-4-2-1-3-5-9/h3-5,7-12,15-18,20H,6,13-14,19H2,1-2H3,(H,30,31)(H,33,36);1-6,8H,7H2,(H,14,15). The van der Waals surface area contributed by atoms with Crippen LogP contribution in [0.2, 0.25) is 0 Å². The Labute approximate surface area is 301 Å². The summed E-state index contributed by atoms with van der Waals surface area (Å²) in [4.78, 5) is 33.4.